The molecule has 0 spiro atoms. The summed E-state index contributed by atoms with van der Waals surface area (Å²) in [6.07, 6.45) is 0. The molecule has 2 rings (SSSR count). The maximum absolute atomic E-state index is 10.8. The molecular weight excluding hydrogens is 210 g/mol. The Bertz CT molecular complexity index is 522. The van der Waals surface area contributed by atoms with Crippen LogP contribution in [0.4, 0.5) is 5.69 Å². The van der Waals surface area contributed by atoms with Gasteiger partial charge < -0.3 is 5.32 Å². The molecule has 15 heavy (non-hydrogen) atoms. The summed E-state index contributed by atoms with van der Waals surface area (Å²) in [5, 5.41) is 5.19. The smallest absolute Gasteiger partial charge is 0.224 e. The lowest BCUT2D eigenvalue weighted by Gasteiger charge is -2.05. The largest absolute Gasteiger partial charge is 0.326 e. The number of rotatable bonds is 1. The summed E-state index contributed by atoms with van der Waals surface area (Å²) in [4.78, 5) is 10.8. The van der Waals surface area contributed by atoms with Gasteiger partial charge in [-0.3, -0.25) is 4.79 Å². The molecule has 0 aliphatic carbocycles. The molecule has 0 saturated carbocycles. The SMILES string of the molecule is [CH2]C(=O)Nc1cc(Cl)c2ccccc2c1. The summed E-state index contributed by atoms with van der Waals surface area (Å²) >= 11 is 6.07. The van der Waals surface area contributed by atoms with E-state index in [0.717, 1.165) is 10.8 Å². The van der Waals surface area contributed by atoms with Crippen molar-refractivity contribution in [2.75, 3.05) is 5.32 Å². The molecule has 0 bridgehead atoms. The Hall–Kier alpha value is -1.54. The molecule has 0 unspecified atom stereocenters. The fourth-order valence-electron chi connectivity index (χ4n) is 1.50. The molecule has 2 nitrogen and oxygen atoms in total. The zero-order chi connectivity index (χ0) is 10.8. The van der Waals surface area contributed by atoms with E-state index in [4.69, 9.17) is 11.6 Å². The van der Waals surface area contributed by atoms with Gasteiger partial charge in [0.1, 0.15) is 0 Å². The van der Waals surface area contributed by atoms with Crippen molar-refractivity contribution >= 4 is 34.0 Å². The van der Waals surface area contributed by atoms with Gasteiger partial charge in [0.25, 0.3) is 0 Å². The van der Waals surface area contributed by atoms with Crippen molar-refractivity contribution in [2.45, 2.75) is 0 Å². The van der Waals surface area contributed by atoms with Crippen LogP contribution in [0.5, 0.6) is 0 Å². The summed E-state index contributed by atoms with van der Waals surface area (Å²) < 4.78 is 0. The molecule has 2 aromatic rings. The number of amides is 1. The minimum Gasteiger partial charge on any atom is -0.326 e. The Kier molecular flexibility index (Phi) is 2.60. The lowest BCUT2D eigenvalue weighted by molar-refractivity contribution is -0.112. The fourth-order valence-corrected chi connectivity index (χ4v) is 1.79. The Morgan fingerprint density at radius 3 is 2.73 bits per heavy atom. The molecule has 0 aromatic heterocycles. The van der Waals surface area contributed by atoms with Crippen LogP contribution in [0, 0.1) is 6.92 Å². The second-order valence-electron chi connectivity index (χ2n) is 3.23. The molecule has 0 fully saturated rings. The van der Waals surface area contributed by atoms with E-state index in [1.807, 2.05) is 30.3 Å². The number of nitrogens with one attached hydrogen (secondary N) is 1. The topological polar surface area (TPSA) is 29.1 Å². The third kappa shape index (κ3) is 2.10. The summed E-state index contributed by atoms with van der Waals surface area (Å²) in [6, 6.07) is 11.3. The summed E-state index contributed by atoms with van der Waals surface area (Å²) in [5.74, 6) is -0.346. The highest BCUT2D eigenvalue weighted by atomic mass is 35.5. The van der Waals surface area contributed by atoms with Crippen LogP contribution < -0.4 is 5.32 Å². The first-order valence-corrected chi connectivity index (χ1v) is 4.86. The number of hydrogen-bond donors (Lipinski definition) is 1. The molecule has 75 valence electrons. The van der Waals surface area contributed by atoms with Crippen LogP contribution in [0.1, 0.15) is 0 Å². The lowest BCUT2D eigenvalue weighted by atomic mass is 10.1. The number of halogens is 1. The minimum absolute atomic E-state index is 0.346. The molecule has 0 heterocycles. The van der Waals surface area contributed by atoms with Gasteiger partial charge in [0.05, 0.1) is 5.02 Å². The second-order valence-corrected chi connectivity index (χ2v) is 3.63. The molecule has 0 aliphatic heterocycles. The van der Waals surface area contributed by atoms with Crippen LogP contribution in [0.15, 0.2) is 36.4 Å². The highest BCUT2D eigenvalue weighted by molar-refractivity contribution is 6.36. The standard InChI is InChI=1S/C12H9ClNO/c1-8(15)14-10-6-9-4-2-3-5-11(9)12(13)7-10/h2-7H,1H2,(H,14,15). The first kappa shape index (κ1) is 9.99. The lowest BCUT2D eigenvalue weighted by Crippen LogP contribution is -2.05. The van der Waals surface area contributed by atoms with Crippen LogP contribution in [0.3, 0.4) is 0 Å². The monoisotopic (exact) mass is 218 g/mol. The molecule has 2 aromatic carbocycles. The maximum atomic E-state index is 10.8. The Morgan fingerprint density at radius 2 is 2.00 bits per heavy atom. The van der Waals surface area contributed by atoms with E-state index in [9.17, 15) is 4.79 Å². The van der Waals surface area contributed by atoms with E-state index < -0.39 is 0 Å². The second kappa shape index (κ2) is 3.91. The minimum atomic E-state index is -0.346. The Morgan fingerprint density at radius 1 is 1.27 bits per heavy atom. The van der Waals surface area contributed by atoms with Crippen molar-refractivity contribution < 1.29 is 4.79 Å². The van der Waals surface area contributed by atoms with Crippen LogP contribution >= 0.6 is 11.6 Å². The van der Waals surface area contributed by atoms with Gasteiger partial charge >= 0.3 is 0 Å². The number of benzene rings is 2. The number of carbonyl (C=O) groups is 1. The molecule has 1 radical (unpaired) electrons. The first-order valence-electron chi connectivity index (χ1n) is 4.48. The number of fused-ring (bicyclic) bond motifs is 1. The van der Waals surface area contributed by atoms with Gasteiger partial charge in [-0.2, -0.15) is 0 Å². The molecule has 0 aliphatic rings. The normalized spacial score (nSPS) is 10.3. The fraction of sp³-hybridized carbons (Fsp3) is 0. The van der Waals surface area contributed by atoms with Gasteiger partial charge in [-0.25, -0.2) is 0 Å². The van der Waals surface area contributed by atoms with E-state index >= 15 is 0 Å². The van der Waals surface area contributed by atoms with Gasteiger partial charge in [-0.1, -0.05) is 35.9 Å². The van der Waals surface area contributed by atoms with E-state index in [1.165, 1.54) is 0 Å². The van der Waals surface area contributed by atoms with Crippen molar-refractivity contribution in [3.8, 4) is 0 Å². The van der Waals surface area contributed by atoms with Crippen molar-refractivity contribution in [1.29, 1.82) is 0 Å². The van der Waals surface area contributed by atoms with Crippen LogP contribution in [0.2, 0.25) is 5.02 Å². The Balaban J connectivity index is 2.57. The number of carbonyl (C=O) groups excluding carboxylic acids is 1. The van der Waals surface area contributed by atoms with Gasteiger partial charge in [0, 0.05) is 18.0 Å². The molecule has 1 amide bonds. The van der Waals surface area contributed by atoms with Crippen molar-refractivity contribution in [2.24, 2.45) is 0 Å². The third-order valence-electron chi connectivity index (χ3n) is 2.10. The van der Waals surface area contributed by atoms with Gasteiger partial charge in [-0.15, -0.1) is 0 Å². The zero-order valence-corrected chi connectivity index (χ0v) is 8.71. The average molecular weight is 219 g/mol. The number of anilines is 1. The zero-order valence-electron chi connectivity index (χ0n) is 7.96. The summed E-state index contributed by atoms with van der Waals surface area (Å²) in [7, 11) is 0. The predicted molar refractivity (Wildman–Crippen MR) is 62.9 cm³/mol. The first-order chi connectivity index (χ1) is 7.16. The van der Waals surface area contributed by atoms with Crippen molar-refractivity contribution in [3.05, 3.63) is 48.3 Å². The predicted octanol–water partition coefficient (Wildman–Crippen LogP) is 3.27. The van der Waals surface area contributed by atoms with Gasteiger partial charge in [0.15, 0.2) is 0 Å². The van der Waals surface area contributed by atoms with Crippen LogP contribution in [0.25, 0.3) is 10.8 Å². The van der Waals surface area contributed by atoms with Crippen LogP contribution in [-0.4, -0.2) is 5.91 Å². The van der Waals surface area contributed by atoms with E-state index in [1.54, 1.807) is 6.07 Å². The molecule has 3 heteroatoms. The summed E-state index contributed by atoms with van der Waals surface area (Å²) in [6.45, 7) is 3.25. The van der Waals surface area contributed by atoms with Crippen LogP contribution in [-0.2, 0) is 4.79 Å². The highest BCUT2D eigenvalue weighted by Gasteiger charge is 2.02. The molecule has 0 atom stereocenters. The number of hydrogen-bond acceptors (Lipinski definition) is 1. The molecule has 0 saturated heterocycles. The average Bonchev–Trinajstić information content (AvgIpc) is 2.16. The van der Waals surface area contributed by atoms with Gasteiger partial charge in [0.2, 0.25) is 5.91 Å². The summed E-state index contributed by atoms with van der Waals surface area (Å²) in [5.41, 5.74) is 0.665. The maximum Gasteiger partial charge on any atom is 0.224 e. The highest BCUT2D eigenvalue weighted by Crippen LogP contribution is 2.27. The van der Waals surface area contributed by atoms with E-state index in [0.29, 0.717) is 10.7 Å². The quantitative estimate of drug-likeness (QED) is 0.782. The van der Waals surface area contributed by atoms with E-state index in [-0.39, 0.29) is 5.91 Å². The molecule has 1 N–H and O–H groups in total. The molecular formula is C12H9ClNO. The van der Waals surface area contributed by atoms with E-state index in [2.05, 4.69) is 12.2 Å². The van der Waals surface area contributed by atoms with Gasteiger partial charge in [-0.05, 0) is 17.5 Å². The van der Waals surface area contributed by atoms with Crippen molar-refractivity contribution in [3.63, 3.8) is 0 Å². The third-order valence-corrected chi connectivity index (χ3v) is 2.41. The Labute approximate surface area is 92.9 Å². The van der Waals surface area contributed by atoms with Crippen molar-refractivity contribution in [1.82, 2.24) is 0 Å².